The lowest BCUT2D eigenvalue weighted by Crippen LogP contribution is -2.29. The molecule has 0 aliphatic carbocycles. The van der Waals surface area contributed by atoms with Crippen molar-refractivity contribution in [1.29, 1.82) is 0 Å². The van der Waals surface area contributed by atoms with Gasteiger partial charge in [0.05, 0.1) is 0 Å². The largest absolute Gasteiger partial charge is 0.338 e. The minimum atomic E-state index is 0.126. The van der Waals surface area contributed by atoms with Gasteiger partial charge in [0, 0.05) is 37.3 Å². The first-order valence-corrected chi connectivity index (χ1v) is 9.75. The summed E-state index contributed by atoms with van der Waals surface area (Å²) >= 11 is 0. The van der Waals surface area contributed by atoms with Crippen molar-refractivity contribution in [2.75, 3.05) is 13.1 Å². The van der Waals surface area contributed by atoms with Gasteiger partial charge in [0.2, 0.25) is 0 Å². The van der Waals surface area contributed by atoms with Gasteiger partial charge in [-0.25, -0.2) is 9.97 Å². The molecular formula is C22H26N4O. The number of amides is 1. The van der Waals surface area contributed by atoms with E-state index in [-0.39, 0.29) is 11.8 Å². The number of carbonyl (C=O) groups is 1. The molecule has 2 aromatic heterocycles. The molecule has 0 bridgehead atoms. The quantitative estimate of drug-likeness (QED) is 0.702. The zero-order valence-corrected chi connectivity index (χ0v) is 16.3. The maximum absolute atomic E-state index is 13.0. The summed E-state index contributed by atoms with van der Waals surface area (Å²) in [7, 11) is 0. The van der Waals surface area contributed by atoms with E-state index in [4.69, 9.17) is 4.98 Å². The maximum atomic E-state index is 13.0. The summed E-state index contributed by atoms with van der Waals surface area (Å²) in [5, 5.41) is 0. The van der Waals surface area contributed by atoms with Crippen LogP contribution in [0.25, 0.3) is 11.2 Å². The average Bonchev–Trinajstić information content (AvgIpc) is 3.26. The monoisotopic (exact) mass is 362 g/mol. The Morgan fingerprint density at radius 1 is 1.22 bits per heavy atom. The van der Waals surface area contributed by atoms with Crippen LogP contribution in [0.1, 0.15) is 53.0 Å². The summed E-state index contributed by atoms with van der Waals surface area (Å²) < 4.78 is 2.24. The lowest BCUT2D eigenvalue weighted by molar-refractivity contribution is 0.0790. The Balaban J connectivity index is 1.60. The minimum absolute atomic E-state index is 0.126. The predicted octanol–water partition coefficient (Wildman–Crippen LogP) is 4.09. The third kappa shape index (κ3) is 3.34. The molecule has 0 radical (unpaired) electrons. The number of imidazole rings is 1. The van der Waals surface area contributed by atoms with Crippen LogP contribution in [0.5, 0.6) is 0 Å². The Morgan fingerprint density at radius 3 is 2.74 bits per heavy atom. The topological polar surface area (TPSA) is 51.0 Å². The second-order valence-corrected chi connectivity index (χ2v) is 7.58. The fourth-order valence-corrected chi connectivity index (χ4v) is 4.17. The maximum Gasteiger partial charge on any atom is 0.253 e. The van der Waals surface area contributed by atoms with Crippen LogP contribution >= 0.6 is 0 Å². The first-order valence-electron chi connectivity index (χ1n) is 9.75. The van der Waals surface area contributed by atoms with E-state index in [1.54, 1.807) is 0 Å². The molecule has 5 heteroatoms. The van der Waals surface area contributed by atoms with E-state index in [9.17, 15) is 4.79 Å². The van der Waals surface area contributed by atoms with Crippen LogP contribution in [0.2, 0.25) is 0 Å². The van der Waals surface area contributed by atoms with Gasteiger partial charge in [-0.1, -0.05) is 24.1 Å². The standard InChI is InChI=1S/C22H26N4O/c1-4-9-26-20(24-19-6-5-8-23-21(19)26)17-7-10-25(14-17)22(27)18-12-15(2)11-16(3)13-18/h5-6,8,11-13,17H,4,7,9-10,14H2,1-3H3/t17-/m0/s1. The van der Waals surface area contributed by atoms with Gasteiger partial charge in [0.25, 0.3) is 5.91 Å². The molecule has 1 fully saturated rings. The summed E-state index contributed by atoms with van der Waals surface area (Å²) in [6, 6.07) is 10.0. The average molecular weight is 362 g/mol. The number of pyridine rings is 1. The van der Waals surface area contributed by atoms with E-state index in [0.29, 0.717) is 0 Å². The number of hydrogen-bond donors (Lipinski definition) is 0. The second-order valence-electron chi connectivity index (χ2n) is 7.58. The Bertz CT molecular complexity index is 971. The molecule has 1 amide bonds. The number of aromatic nitrogens is 3. The highest BCUT2D eigenvalue weighted by Crippen LogP contribution is 2.30. The first kappa shape index (κ1) is 17.7. The number of nitrogens with zero attached hydrogens (tertiary/aromatic N) is 4. The zero-order chi connectivity index (χ0) is 19.0. The number of fused-ring (bicyclic) bond motifs is 1. The van der Waals surface area contributed by atoms with Gasteiger partial charge in [-0.2, -0.15) is 0 Å². The van der Waals surface area contributed by atoms with Gasteiger partial charge in [0.1, 0.15) is 11.3 Å². The van der Waals surface area contributed by atoms with E-state index >= 15 is 0 Å². The van der Waals surface area contributed by atoms with Crippen molar-refractivity contribution in [1.82, 2.24) is 19.4 Å². The van der Waals surface area contributed by atoms with Crippen LogP contribution in [0.4, 0.5) is 0 Å². The molecule has 0 spiro atoms. The number of rotatable bonds is 4. The van der Waals surface area contributed by atoms with Gasteiger partial charge in [-0.3, -0.25) is 4.79 Å². The number of benzene rings is 1. The van der Waals surface area contributed by atoms with Crippen LogP contribution in [-0.2, 0) is 6.54 Å². The molecule has 140 valence electrons. The zero-order valence-electron chi connectivity index (χ0n) is 16.3. The van der Waals surface area contributed by atoms with Gasteiger partial charge < -0.3 is 9.47 Å². The van der Waals surface area contributed by atoms with Crippen LogP contribution in [0.3, 0.4) is 0 Å². The fourth-order valence-electron chi connectivity index (χ4n) is 4.17. The summed E-state index contributed by atoms with van der Waals surface area (Å²) in [5.74, 6) is 1.46. The SMILES string of the molecule is CCCn1c([C@H]2CCN(C(=O)c3cc(C)cc(C)c3)C2)nc2cccnc21. The van der Waals surface area contributed by atoms with E-state index in [1.165, 1.54) is 0 Å². The highest BCUT2D eigenvalue weighted by atomic mass is 16.2. The summed E-state index contributed by atoms with van der Waals surface area (Å²) in [6.07, 6.45) is 3.81. The molecule has 3 heterocycles. The van der Waals surface area contributed by atoms with E-state index in [1.807, 2.05) is 49.2 Å². The highest BCUT2D eigenvalue weighted by Gasteiger charge is 2.31. The molecule has 27 heavy (non-hydrogen) atoms. The lowest BCUT2D eigenvalue weighted by Gasteiger charge is -2.18. The number of aryl methyl sites for hydroxylation is 3. The normalized spacial score (nSPS) is 17.0. The van der Waals surface area contributed by atoms with Gasteiger partial charge >= 0.3 is 0 Å². The van der Waals surface area contributed by atoms with Crippen LogP contribution < -0.4 is 0 Å². The van der Waals surface area contributed by atoms with E-state index < -0.39 is 0 Å². The number of hydrogen-bond acceptors (Lipinski definition) is 3. The molecule has 1 atom stereocenters. The third-order valence-corrected chi connectivity index (χ3v) is 5.29. The molecule has 5 nitrogen and oxygen atoms in total. The van der Waals surface area contributed by atoms with Crippen molar-refractivity contribution in [2.45, 2.75) is 46.1 Å². The van der Waals surface area contributed by atoms with Crippen molar-refractivity contribution in [3.63, 3.8) is 0 Å². The summed E-state index contributed by atoms with van der Waals surface area (Å²) in [5.41, 5.74) is 4.94. The minimum Gasteiger partial charge on any atom is -0.338 e. The molecule has 1 saturated heterocycles. The Kier molecular flexibility index (Phi) is 4.68. The summed E-state index contributed by atoms with van der Waals surface area (Å²) in [4.78, 5) is 24.4. The molecule has 0 N–H and O–H groups in total. The van der Waals surface area contributed by atoms with Crippen molar-refractivity contribution in [3.8, 4) is 0 Å². The third-order valence-electron chi connectivity index (χ3n) is 5.29. The lowest BCUT2D eigenvalue weighted by atomic mass is 10.1. The van der Waals surface area contributed by atoms with Crippen LogP contribution in [0, 0.1) is 13.8 Å². The van der Waals surface area contributed by atoms with E-state index in [2.05, 4.69) is 22.5 Å². The predicted molar refractivity (Wildman–Crippen MR) is 107 cm³/mol. The number of carbonyl (C=O) groups excluding carboxylic acids is 1. The highest BCUT2D eigenvalue weighted by molar-refractivity contribution is 5.94. The Morgan fingerprint density at radius 2 is 2.00 bits per heavy atom. The van der Waals surface area contributed by atoms with E-state index in [0.717, 1.165) is 66.2 Å². The first-order chi connectivity index (χ1) is 13.1. The molecule has 1 aliphatic heterocycles. The molecule has 3 aromatic rings. The van der Waals surface area contributed by atoms with Crippen molar-refractivity contribution in [2.24, 2.45) is 0 Å². The smallest absolute Gasteiger partial charge is 0.253 e. The van der Waals surface area contributed by atoms with Crippen LogP contribution in [-0.4, -0.2) is 38.4 Å². The van der Waals surface area contributed by atoms with Crippen LogP contribution in [0.15, 0.2) is 36.5 Å². The van der Waals surface area contributed by atoms with Gasteiger partial charge in [-0.15, -0.1) is 0 Å². The fraction of sp³-hybridized carbons (Fsp3) is 0.409. The molecule has 0 unspecified atom stereocenters. The molecule has 0 saturated carbocycles. The molecule has 4 rings (SSSR count). The van der Waals surface area contributed by atoms with Crippen molar-refractivity contribution < 1.29 is 4.79 Å². The van der Waals surface area contributed by atoms with Crippen molar-refractivity contribution in [3.05, 3.63) is 59.0 Å². The van der Waals surface area contributed by atoms with Crippen molar-refractivity contribution >= 4 is 17.1 Å². The molecule has 1 aromatic carbocycles. The van der Waals surface area contributed by atoms with Gasteiger partial charge in [-0.05, 0) is 51.0 Å². The second kappa shape index (κ2) is 7.14. The number of likely N-dealkylation sites (tertiary alicyclic amines) is 1. The molecular weight excluding hydrogens is 336 g/mol. The summed E-state index contributed by atoms with van der Waals surface area (Å²) in [6.45, 7) is 8.65. The van der Waals surface area contributed by atoms with Gasteiger partial charge in [0.15, 0.2) is 5.65 Å². The Labute approximate surface area is 160 Å². The Hall–Kier alpha value is -2.69. The molecule has 1 aliphatic rings.